The summed E-state index contributed by atoms with van der Waals surface area (Å²) in [7, 11) is 0. The van der Waals surface area contributed by atoms with Gasteiger partial charge in [-0.15, -0.1) is 0 Å². The van der Waals surface area contributed by atoms with Crippen molar-refractivity contribution in [1.82, 2.24) is 9.97 Å². The van der Waals surface area contributed by atoms with Crippen LogP contribution in [0.5, 0.6) is 0 Å². The Morgan fingerprint density at radius 3 is 2.78 bits per heavy atom. The standard InChI is InChI=1S/C13H12N2O2S/c1-8-6-9(2)15-11(7-8)18-10-4-3-5-14-12(10)13(16)17/h3-7H,1-2H3,(H,16,17). The van der Waals surface area contributed by atoms with E-state index in [9.17, 15) is 4.79 Å². The van der Waals surface area contributed by atoms with Crippen LogP contribution in [0.3, 0.4) is 0 Å². The van der Waals surface area contributed by atoms with Gasteiger partial charge in [0.15, 0.2) is 5.69 Å². The predicted molar refractivity (Wildman–Crippen MR) is 69.0 cm³/mol. The molecule has 0 saturated carbocycles. The number of aromatic nitrogens is 2. The van der Waals surface area contributed by atoms with Gasteiger partial charge in [-0.05, 0) is 43.7 Å². The summed E-state index contributed by atoms with van der Waals surface area (Å²) in [6, 6.07) is 7.36. The van der Waals surface area contributed by atoms with Crippen LogP contribution in [-0.4, -0.2) is 21.0 Å². The zero-order valence-electron chi connectivity index (χ0n) is 10.0. The summed E-state index contributed by atoms with van der Waals surface area (Å²) in [4.78, 5) is 19.9. The minimum atomic E-state index is -1.03. The molecule has 0 amide bonds. The Morgan fingerprint density at radius 2 is 2.11 bits per heavy atom. The molecule has 0 unspecified atom stereocenters. The van der Waals surface area contributed by atoms with Crippen LogP contribution < -0.4 is 0 Å². The van der Waals surface area contributed by atoms with E-state index >= 15 is 0 Å². The lowest BCUT2D eigenvalue weighted by atomic mass is 10.3. The monoisotopic (exact) mass is 260 g/mol. The topological polar surface area (TPSA) is 63.1 Å². The number of nitrogens with zero attached hydrogens (tertiary/aromatic N) is 2. The number of carboxylic acid groups (broad SMARTS) is 1. The van der Waals surface area contributed by atoms with Crippen molar-refractivity contribution < 1.29 is 9.90 Å². The van der Waals surface area contributed by atoms with Gasteiger partial charge in [-0.2, -0.15) is 0 Å². The highest BCUT2D eigenvalue weighted by Gasteiger charge is 2.12. The zero-order valence-corrected chi connectivity index (χ0v) is 10.9. The molecule has 4 nitrogen and oxygen atoms in total. The Kier molecular flexibility index (Phi) is 3.62. The largest absolute Gasteiger partial charge is 0.476 e. The fourth-order valence-electron chi connectivity index (χ4n) is 1.60. The van der Waals surface area contributed by atoms with Crippen LogP contribution >= 0.6 is 11.8 Å². The van der Waals surface area contributed by atoms with Gasteiger partial charge in [0.1, 0.15) is 5.03 Å². The third kappa shape index (κ3) is 2.87. The van der Waals surface area contributed by atoms with E-state index in [1.807, 2.05) is 26.0 Å². The first-order valence-electron chi connectivity index (χ1n) is 5.38. The molecule has 0 spiro atoms. The second-order valence-corrected chi connectivity index (χ2v) is 4.94. The van der Waals surface area contributed by atoms with Gasteiger partial charge in [-0.3, -0.25) is 0 Å². The summed E-state index contributed by atoms with van der Waals surface area (Å²) < 4.78 is 0. The molecule has 0 aliphatic carbocycles. The first-order chi connectivity index (χ1) is 8.56. The molecule has 1 N–H and O–H groups in total. The molecule has 18 heavy (non-hydrogen) atoms. The number of hydrogen-bond acceptors (Lipinski definition) is 4. The van der Waals surface area contributed by atoms with Crippen molar-refractivity contribution in [3.8, 4) is 0 Å². The maximum Gasteiger partial charge on any atom is 0.355 e. The van der Waals surface area contributed by atoms with Gasteiger partial charge < -0.3 is 5.11 Å². The molecule has 2 aromatic rings. The molecular formula is C13H12N2O2S. The molecule has 2 rings (SSSR count). The molecule has 5 heteroatoms. The van der Waals surface area contributed by atoms with Crippen molar-refractivity contribution in [2.24, 2.45) is 0 Å². The van der Waals surface area contributed by atoms with E-state index in [1.165, 1.54) is 18.0 Å². The van der Waals surface area contributed by atoms with Crippen LogP contribution in [0.15, 0.2) is 40.4 Å². The van der Waals surface area contributed by atoms with Gasteiger partial charge in [-0.25, -0.2) is 14.8 Å². The minimum Gasteiger partial charge on any atom is -0.476 e. The minimum absolute atomic E-state index is 0.0588. The van der Waals surface area contributed by atoms with E-state index in [0.29, 0.717) is 4.90 Å². The van der Waals surface area contributed by atoms with Gasteiger partial charge in [0, 0.05) is 16.8 Å². The molecule has 0 aliphatic heterocycles. The average Bonchev–Trinajstić information content (AvgIpc) is 2.27. The van der Waals surface area contributed by atoms with Crippen molar-refractivity contribution in [3.05, 3.63) is 47.4 Å². The molecule has 0 aliphatic rings. The molecular weight excluding hydrogens is 248 g/mol. The Morgan fingerprint density at radius 1 is 1.33 bits per heavy atom. The van der Waals surface area contributed by atoms with Crippen molar-refractivity contribution in [2.45, 2.75) is 23.8 Å². The molecule has 0 atom stereocenters. The third-order valence-corrected chi connectivity index (χ3v) is 3.23. The molecule has 0 fully saturated rings. The van der Waals surface area contributed by atoms with Crippen LogP contribution in [0, 0.1) is 13.8 Å². The van der Waals surface area contributed by atoms with Crippen LogP contribution in [0.2, 0.25) is 0 Å². The van der Waals surface area contributed by atoms with Gasteiger partial charge in [-0.1, -0.05) is 11.8 Å². The quantitative estimate of drug-likeness (QED) is 0.919. The van der Waals surface area contributed by atoms with Crippen LogP contribution in [0.25, 0.3) is 0 Å². The van der Waals surface area contributed by atoms with E-state index in [-0.39, 0.29) is 5.69 Å². The second kappa shape index (κ2) is 5.18. The Labute approximate surface area is 109 Å². The van der Waals surface area contributed by atoms with Gasteiger partial charge in [0.05, 0.1) is 0 Å². The van der Waals surface area contributed by atoms with Crippen molar-refractivity contribution in [2.75, 3.05) is 0 Å². The zero-order chi connectivity index (χ0) is 13.1. The lowest BCUT2D eigenvalue weighted by molar-refractivity contribution is 0.0686. The Hall–Kier alpha value is -1.88. The molecule has 92 valence electrons. The smallest absolute Gasteiger partial charge is 0.355 e. The average molecular weight is 260 g/mol. The summed E-state index contributed by atoms with van der Waals surface area (Å²) in [6.45, 7) is 3.90. The van der Waals surface area contributed by atoms with E-state index in [2.05, 4.69) is 9.97 Å². The van der Waals surface area contributed by atoms with Crippen LogP contribution in [-0.2, 0) is 0 Å². The number of hydrogen-bond donors (Lipinski definition) is 1. The van der Waals surface area contributed by atoms with Gasteiger partial charge in [0.25, 0.3) is 0 Å². The van der Waals surface area contributed by atoms with E-state index in [4.69, 9.17) is 5.11 Å². The number of aryl methyl sites for hydroxylation is 2. The summed E-state index contributed by atoms with van der Waals surface area (Å²) in [6.07, 6.45) is 1.47. The van der Waals surface area contributed by atoms with Crippen molar-refractivity contribution in [1.29, 1.82) is 0 Å². The van der Waals surface area contributed by atoms with Crippen molar-refractivity contribution in [3.63, 3.8) is 0 Å². The van der Waals surface area contributed by atoms with E-state index in [1.54, 1.807) is 12.1 Å². The maximum atomic E-state index is 11.0. The number of pyridine rings is 2. The fraction of sp³-hybridized carbons (Fsp3) is 0.154. The third-order valence-electron chi connectivity index (χ3n) is 2.26. The fourth-order valence-corrected chi connectivity index (χ4v) is 2.65. The predicted octanol–water partition coefficient (Wildman–Crippen LogP) is 2.94. The second-order valence-electron chi connectivity index (χ2n) is 3.88. The highest BCUT2D eigenvalue weighted by atomic mass is 32.2. The number of aromatic carboxylic acids is 1. The van der Waals surface area contributed by atoms with E-state index in [0.717, 1.165) is 16.3 Å². The van der Waals surface area contributed by atoms with Crippen LogP contribution in [0.1, 0.15) is 21.7 Å². The maximum absolute atomic E-state index is 11.0. The highest BCUT2D eigenvalue weighted by molar-refractivity contribution is 7.99. The van der Waals surface area contributed by atoms with Crippen LogP contribution in [0.4, 0.5) is 0 Å². The number of carbonyl (C=O) groups is 1. The molecule has 0 radical (unpaired) electrons. The first kappa shape index (κ1) is 12.6. The molecule has 0 saturated heterocycles. The highest BCUT2D eigenvalue weighted by Crippen LogP contribution is 2.28. The number of rotatable bonds is 3. The Bertz CT molecular complexity index is 579. The van der Waals surface area contributed by atoms with E-state index < -0.39 is 5.97 Å². The summed E-state index contributed by atoms with van der Waals surface area (Å²) in [5.74, 6) is -1.03. The molecule has 0 bridgehead atoms. The SMILES string of the molecule is Cc1cc(C)nc(Sc2cccnc2C(=O)O)c1. The van der Waals surface area contributed by atoms with Gasteiger partial charge >= 0.3 is 5.97 Å². The van der Waals surface area contributed by atoms with Gasteiger partial charge in [0.2, 0.25) is 0 Å². The lowest BCUT2D eigenvalue weighted by Crippen LogP contribution is -2.02. The Balaban J connectivity index is 2.37. The lowest BCUT2D eigenvalue weighted by Gasteiger charge is -2.05. The number of carboxylic acids is 1. The molecule has 2 aromatic heterocycles. The molecule has 2 heterocycles. The summed E-state index contributed by atoms with van der Waals surface area (Å²) in [5.41, 5.74) is 2.08. The summed E-state index contributed by atoms with van der Waals surface area (Å²) >= 11 is 1.32. The molecule has 0 aromatic carbocycles. The van der Waals surface area contributed by atoms with Crippen molar-refractivity contribution >= 4 is 17.7 Å². The first-order valence-corrected chi connectivity index (χ1v) is 6.19. The normalized spacial score (nSPS) is 10.3. The summed E-state index contributed by atoms with van der Waals surface area (Å²) in [5, 5.41) is 9.84.